The van der Waals surface area contributed by atoms with Gasteiger partial charge in [0.05, 0.1) is 6.07 Å². The van der Waals surface area contributed by atoms with Crippen molar-refractivity contribution in [3.63, 3.8) is 0 Å². The van der Waals surface area contributed by atoms with E-state index in [1.165, 1.54) is 18.8 Å². The van der Waals surface area contributed by atoms with Gasteiger partial charge in [-0.1, -0.05) is 6.07 Å². The van der Waals surface area contributed by atoms with Gasteiger partial charge in [-0.3, -0.25) is 9.59 Å². The van der Waals surface area contributed by atoms with Gasteiger partial charge in [-0.15, -0.1) is 11.8 Å². The molecule has 0 unspecified atom stereocenters. The fourth-order valence-corrected chi connectivity index (χ4v) is 1.97. The van der Waals surface area contributed by atoms with Gasteiger partial charge < -0.3 is 5.32 Å². The van der Waals surface area contributed by atoms with Crippen LogP contribution in [-0.2, 0) is 4.79 Å². The standard InChI is InChI=1S/C13H14N2O2S/c1-8-4-5-9(18-3)6-10(8)12(16)11(7-14)13(17)15-2/h4-6,11H,1-3H3,(H,15,17)/t11-/m1/s1. The number of benzene rings is 1. The number of hydrogen-bond acceptors (Lipinski definition) is 4. The fourth-order valence-electron chi connectivity index (χ4n) is 1.53. The van der Waals surface area contributed by atoms with Gasteiger partial charge >= 0.3 is 0 Å². The maximum absolute atomic E-state index is 12.2. The summed E-state index contributed by atoms with van der Waals surface area (Å²) in [5.74, 6) is -2.31. The number of amides is 1. The first-order chi connectivity index (χ1) is 8.54. The Balaban J connectivity index is 3.17. The molecular weight excluding hydrogens is 248 g/mol. The lowest BCUT2D eigenvalue weighted by molar-refractivity contribution is -0.121. The lowest BCUT2D eigenvalue weighted by atomic mass is 9.95. The van der Waals surface area contributed by atoms with E-state index in [2.05, 4.69) is 5.32 Å². The van der Waals surface area contributed by atoms with Crippen molar-refractivity contribution in [3.8, 4) is 6.07 Å². The first-order valence-corrected chi connectivity index (χ1v) is 6.57. The Morgan fingerprint density at radius 3 is 2.61 bits per heavy atom. The summed E-state index contributed by atoms with van der Waals surface area (Å²) in [5.41, 5.74) is 1.19. The monoisotopic (exact) mass is 262 g/mol. The molecule has 0 spiro atoms. The van der Waals surface area contributed by atoms with Crippen LogP contribution in [0.3, 0.4) is 0 Å². The highest BCUT2D eigenvalue weighted by Gasteiger charge is 2.27. The van der Waals surface area contributed by atoms with Crippen LogP contribution in [-0.4, -0.2) is 25.0 Å². The smallest absolute Gasteiger partial charge is 0.245 e. The number of hydrogen-bond donors (Lipinski definition) is 1. The number of nitrogens with one attached hydrogen (secondary N) is 1. The first kappa shape index (κ1) is 14.3. The zero-order valence-electron chi connectivity index (χ0n) is 10.5. The number of Topliss-reactive ketones (excluding diaryl/α,β-unsaturated/α-hetero) is 1. The van der Waals surface area contributed by atoms with Gasteiger partial charge in [0, 0.05) is 17.5 Å². The third kappa shape index (κ3) is 2.90. The minimum atomic E-state index is -1.29. The van der Waals surface area contributed by atoms with E-state index in [0.29, 0.717) is 5.56 Å². The molecule has 0 aliphatic carbocycles. The van der Waals surface area contributed by atoms with Crippen molar-refractivity contribution in [2.75, 3.05) is 13.3 Å². The minimum Gasteiger partial charge on any atom is -0.358 e. The van der Waals surface area contributed by atoms with Gasteiger partial charge in [0.2, 0.25) is 5.91 Å². The molecule has 0 saturated heterocycles. The number of thioether (sulfide) groups is 1. The van der Waals surface area contributed by atoms with E-state index in [4.69, 9.17) is 5.26 Å². The molecule has 1 rings (SSSR count). The van der Waals surface area contributed by atoms with Crippen molar-refractivity contribution in [1.82, 2.24) is 5.32 Å². The maximum atomic E-state index is 12.2. The summed E-state index contributed by atoms with van der Waals surface area (Å²) in [6, 6.07) is 7.18. The van der Waals surface area contributed by atoms with Crippen LogP contribution in [0.4, 0.5) is 0 Å². The molecule has 1 aromatic carbocycles. The topological polar surface area (TPSA) is 70.0 Å². The molecule has 1 amide bonds. The Labute approximate surface area is 110 Å². The summed E-state index contributed by atoms with van der Waals surface area (Å²) in [7, 11) is 1.41. The highest BCUT2D eigenvalue weighted by atomic mass is 32.2. The van der Waals surface area contributed by atoms with E-state index >= 15 is 0 Å². The van der Waals surface area contributed by atoms with E-state index in [1.807, 2.05) is 18.4 Å². The van der Waals surface area contributed by atoms with E-state index < -0.39 is 17.6 Å². The second kappa shape index (κ2) is 6.22. The van der Waals surface area contributed by atoms with Crippen LogP contribution in [0.15, 0.2) is 23.1 Å². The molecule has 0 saturated carbocycles. The molecule has 0 aliphatic heterocycles. The predicted octanol–water partition coefficient (Wildman–Crippen LogP) is 1.79. The van der Waals surface area contributed by atoms with Crippen LogP contribution >= 0.6 is 11.8 Å². The SMILES string of the molecule is CNC(=O)[C@H](C#N)C(=O)c1cc(SC)ccc1C. The van der Waals surface area contributed by atoms with Gasteiger partial charge in [-0.25, -0.2) is 0 Å². The predicted molar refractivity (Wildman–Crippen MR) is 70.5 cm³/mol. The van der Waals surface area contributed by atoms with E-state index in [0.717, 1.165) is 10.5 Å². The van der Waals surface area contributed by atoms with Crippen molar-refractivity contribution in [2.24, 2.45) is 5.92 Å². The van der Waals surface area contributed by atoms with Crippen LogP contribution in [0.5, 0.6) is 0 Å². The molecule has 0 aliphatic rings. The largest absolute Gasteiger partial charge is 0.358 e. The molecule has 1 aromatic rings. The highest BCUT2D eigenvalue weighted by Crippen LogP contribution is 2.21. The molecule has 0 fully saturated rings. The molecule has 0 heterocycles. The van der Waals surface area contributed by atoms with Crippen molar-refractivity contribution in [2.45, 2.75) is 11.8 Å². The first-order valence-electron chi connectivity index (χ1n) is 5.35. The number of carbonyl (C=O) groups excluding carboxylic acids is 2. The van der Waals surface area contributed by atoms with Crippen molar-refractivity contribution in [1.29, 1.82) is 5.26 Å². The number of aryl methyl sites for hydroxylation is 1. The maximum Gasteiger partial charge on any atom is 0.245 e. The average molecular weight is 262 g/mol. The molecular formula is C13H14N2O2S. The number of ketones is 1. The van der Waals surface area contributed by atoms with Crippen molar-refractivity contribution in [3.05, 3.63) is 29.3 Å². The number of nitriles is 1. The van der Waals surface area contributed by atoms with E-state index in [9.17, 15) is 9.59 Å². The van der Waals surface area contributed by atoms with E-state index in [1.54, 1.807) is 19.1 Å². The average Bonchev–Trinajstić information content (AvgIpc) is 2.39. The van der Waals surface area contributed by atoms with Crippen LogP contribution < -0.4 is 5.32 Å². The zero-order chi connectivity index (χ0) is 13.7. The summed E-state index contributed by atoms with van der Waals surface area (Å²) in [6.07, 6.45) is 1.90. The van der Waals surface area contributed by atoms with Gasteiger partial charge in [0.15, 0.2) is 11.7 Å². The lowest BCUT2D eigenvalue weighted by Gasteiger charge is -2.10. The summed E-state index contributed by atoms with van der Waals surface area (Å²) in [6.45, 7) is 1.79. The van der Waals surface area contributed by atoms with Crippen LogP contribution in [0, 0.1) is 24.2 Å². The third-order valence-corrected chi connectivity index (χ3v) is 3.34. The highest BCUT2D eigenvalue weighted by molar-refractivity contribution is 7.98. The molecule has 0 bridgehead atoms. The van der Waals surface area contributed by atoms with Gasteiger partial charge in [-0.2, -0.15) is 5.26 Å². The van der Waals surface area contributed by atoms with Crippen molar-refractivity contribution >= 4 is 23.5 Å². The van der Waals surface area contributed by atoms with Crippen molar-refractivity contribution < 1.29 is 9.59 Å². The Morgan fingerprint density at radius 2 is 2.11 bits per heavy atom. The summed E-state index contributed by atoms with van der Waals surface area (Å²) >= 11 is 1.51. The third-order valence-electron chi connectivity index (χ3n) is 2.61. The lowest BCUT2D eigenvalue weighted by Crippen LogP contribution is -2.32. The van der Waals surface area contributed by atoms with Crippen LogP contribution in [0.25, 0.3) is 0 Å². The number of carbonyl (C=O) groups is 2. The molecule has 18 heavy (non-hydrogen) atoms. The Bertz CT molecular complexity index is 520. The number of rotatable bonds is 4. The number of nitrogens with zero attached hydrogens (tertiary/aromatic N) is 1. The Morgan fingerprint density at radius 1 is 1.44 bits per heavy atom. The molecule has 94 valence electrons. The fraction of sp³-hybridized carbons (Fsp3) is 0.308. The molecule has 1 N–H and O–H groups in total. The Hall–Kier alpha value is -1.80. The van der Waals surface area contributed by atoms with Gasteiger partial charge in [0.1, 0.15) is 0 Å². The second-order valence-corrected chi connectivity index (χ2v) is 4.60. The summed E-state index contributed by atoms with van der Waals surface area (Å²) in [4.78, 5) is 24.6. The quantitative estimate of drug-likeness (QED) is 0.510. The zero-order valence-corrected chi connectivity index (χ0v) is 11.3. The molecule has 1 atom stereocenters. The normalized spacial score (nSPS) is 11.4. The van der Waals surface area contributed by atoms with E-state index in [-0.39, 0.29) is 0 Å². The van der Waals surface area contributed by atoms with Crippen LogP contribution in [0.1, 0.15) is 15.9 Å². The summed E-state index contributed by atoms with van der Waals surface area (Å²) in [5, 5.41) is 11.3. The molecule has 0 aromatic heterocycles. The molecule has 0 radical (unpaired) electrons. The minimum absolute atomic E-state index is 0.428. The summed E-state index contributed by atoms with van der Waals surface area (Å²) < 4.78 is 0. The van der Waals surface area contributed by atoms with Crippen LogP contribution in [0.2, 0.25) is 0 Å². The molecule has 4 nitrogen and oxygen atoms in total. The molecule has 5 heteroatoms. The Kier molecular flexibility index (Phi) is 4.93. The van der Waals surface area contributed by atoms with Gasteiger partial charge in [0.25, 0.3) is 0 Å². The van der Waals surface area contributed by atoms with Gasteiger partial charge in [-0.05, 0) is 30.9 Å². The second-order valence-electron chi connectivity index (χ2n) is 3.72.